The summed E-state index contributed by atoms with van der Waals surface area (Å²) in [5.74, 6) is 0. The van der Waals surface area contributed by atoms with Crippen molar-refractivity contribution in [2.45, 2.75) is 24.3 Å². The maximum absolute atomic E-state index is 12.2. The molecule has 1 atom stereocenters. The third-order valence-electron chi connectivity index (χ3n) is 2.75. The van der Waals surface area contributed by atoms with Gasteiger partial charge in [-0.2, -0.15) is 0 Å². The fourth-order valence-corrected chi connectivity index (χ4v) is 3.25. The van der Waals surface area contributed by atoms with E-state index in [1.807, 2.05) is 18.2 Å². The Morgan fingerprint density at radius 2 is 1.81 bits per heavy atom. The summed E-state index contributed by atoms with van der Waals surface area (Å²) in [6.07, 6.45) is 2.81. The SMILES string of the molecule is CC(Cc1ccccc1Cl)NS(=O)(=O)c1cnc(Cl)nc1. The lowest BCUT2D eigenvalue weighted by molar-refractivity contribution is 0.559. The first-order valence-electron chi connectivity index (χ1n) is 6.12. The molecule has 5 nitrogen and oxygen atoms in total. The number of aromatic nitrogens is 2. The van der Waals surface area contributed by atoms with Gasteiger partial charge >= 0.3 is 0 Å². The summed E-state index contributed by atoms with van der Waals surface area (Å²) in [4.78, 5) is 7.30. The number of rotatable bonds is 5. The second-order valence-electron chi connectivity index (χ2n) is 4.51. The van der Waals surface area contributed by atoms with Crippen LogP contribution < -0.4 is 4.72 Å². The van der Waals surface area contributed by atoms with Gasteiger partial charge in [0.15, 0.2) is 0 Å². The Morgan fingerprint density at radius 1 is 1.19 bits per heavy atom. The maximum atomic E-state index is 12.2. The van der Waals surface area contributed by atoms with E-state index in [1.165, 1.54) is 12.4 Å². The summed E-state index contributed by atoms with van der Waals surface area (Å²) >= 11 is 11.6. The van der Waals surface area contributed by atoms with Crippen molar-refractivity contribution >= 4 is 33.2 Å². The van der Waals surface area contributed by atoms with Crippen molar-refractivity contribution in [3.63, 3.8) is 0 Å². The van der Waals surface area contributed by atoms with E-state index in [-0.39, 0.29) is 16.2 Å². The van der Waals surface area contributed by atoms with Crippen LogP contribution >= 0.6 is 23.2 Å². The normalized spacial score (nSPS) is 13.1. The van der Waals surface area contributed by atoms with E-state index < -0.39 is 10.0 Å². The zero-order chi connectivity index (χ0) is 15.5. The highest BCUT2D eigenvalue weighted by atomic mass is 35.5. The minimum Gasteiger partial charge on any atom is -0.225 e. The van der Waals surface area contributed by atoms with Gasteiger partial charge in [-0.1, -0.05) is 29.8 Å². The van der Waals surface area contributed by atoms with Crippen LogP contribution in [0.3, 0.4) is 0 Å². The van der Waals surface area contributed by atoms with Crippen LogP contribution in [0.2, 0.25) is 10.3 Å². The third-order valence-corrected chi connectivity index (χ3v) is 4.86. The minimum absolute atomic E-state index is 0.00179. The lowest BCUT2D eigenvalue weighted by Crippen LogP contribution is -2.34. The molecule has 1 heterocycles. The molecule has 1 N–H and O–H groups in total. The Labute approximate surface area is 133 Å². The van der Waals surface area contributed by atoms with Crippen LogP contribution in [0.15, 0.2) is 41.6 Å². The second-order valence-corrected chi connectivity index (χ2v) is 6.96. The molecule has 0 aliphatic heterocycles. The first-order chi connectivity index (χ1) is 9.88. The summed E-state index contributed by atoms with van der Waals surface area (Å²) < 4.78 is 26.9. The van der Waals surface area contributed by atoms with E-state index in [0.29, 0.717) is 11.4 Å². The van der Waals surface area contributed by atoms with E-state index >= 15 is 0 Å². The largest absolute Gasteiger partial charge is 0.243 e. The molecule has 0 spiro atoms. The van der Waals surface area contributed by atoms with Crippen molar-refractivity contribution in [2.24, 2.45) is 0 Å². The molecule has 0 saturated carbocycles. The summed E-state index contributed by atoms with van der Waals surface area (Å²) in [6, 6.07) is 6.98. The van der Waals surface area contributed by atoms with Crippen molar-refractivity contribution in [3.05, 3.63) is 52.5 Å². The molecule has 0 aliphatic carbocycles. The Hall–Kier alpha value is -1.21. The van der Waals surface area contributed by atoms with Gasteiger partial charge < -0.3 is 0 Å². The van der Waals surface area contributed by atoms with Gasteiger partial charge in [-0.3, -0.25) is 0 Å². The fraction of sp³-hybridized carbons (Fsp3) is 0.231. The van der Waals surface area contributed by atoms with Crippen LogP contribution in [-0.2, 0) is 16.4 Å². The van der Waals surface area contributed by atoms with Crippen molar-refractivity contribution < 1.29 is 8.42 Å². The zero-order valence-corrected chi connectivity index (χ0v) is 13.5. The monoisotopic (exact) mass is 345 g/mol. The standard InChI is InChI=1S/C13H13Cl2N3O2S/c1-9(6-10-4-2-3-5-12(10)14)18-21(19,20)11-7-16-13(15)17-8-11/h2-5,7-9,18H,6H2,1H3. The van der Waals surface area contributed by atoms with Crippen LogP contribution in [0, 0.1) is 0 Å². The molecule has 112 valence electrons. The quantitative estimate of drug-likeness (QED) is 0.845. The number of nitrogens with one attached hydrogen (secondary N) is 1. The molecule has 1 aromatic carbocycles. The molecule has 0 fully saturated rings. The average molecular weight is 346 g/mol. The van der Waals surface area contributed by atoms with Crippen LogP contribution in [0.25, 0.3) is 0 Å². The van der Waals surface area contributed by atoms with Gasteiger partial charge in [0.1, 0.15) is 4.90 Å². The number of hydrogen-bond acceptors (Lipinski definition) is 4. The number of nitrogens with zero attached hydrogens (tertiary/aromatic N) is 2. The molecule has 8 heteroatoms. The molecule has 0 aliphatic rings. The Bertz CT molecular complexity index is 720. The molecular formula is C13H13Cl2N3O2S. The maximum Gasteiger partial charge on any atom is 0.243 e. The predicted octanol–water partition coefficient (Wildman–Crippen LogP) is 2.69. The molecule has 21 heavy (non-hydrogen) atoms. The molecule has 2 rings (SSSR count). The van der Waals surface area contributed by atoms with Crippen molar-refractivity contribution in [2.75, 3.05) is 0 Å². The van der Waals surface area contributed by atoms with Crippen LogP contribution in [-0.4, -0.2) is 24.4 Å². The van der Waals surface area contributed by atoms with Gasteiger partial charge in [-0.15, -0.1) is 0 Å². The van der Waals surface area contributed by atoms with E-state index in [2.05, 4.69) is 14.7 Å². The number of hydrogen-bond donors (Lipinski definition) is 1. The van der Waals surface area contributed by atoms with Gasteiger partial charge in [0, 0.05) is 11.1 Å². The van der Waals surface area contributed by atoms with E-state index in [1.54, 1.807) is 13.0 Å². The molecule has 2 aromatic rings. The summed E-state index contributed by atoms with van der Waals surface area (Å²) in [5, 5.41) is 0.608. The summed E-state index contributed by atoms with van der Waals surface area (Å²) in [6.45, 7) is 1.76. The molecule has 0 radical (unpaired) electrons. The van der Waals surface area contributed by atoms with Crippen LogP contribution in [0.4, 0.5) is 0 Å². The second kappa shape index (κ2) is 6.70. The predicted molar refractivity (Wildman–Crippen MR) is 82.0 cm³/mol. The smallest absolute Gasteiger partial charge is 0.225 e. The molecule has 0 bridgehead atoms. The topological polar surface area (TPSA) is 72.0 Å². The summed E-state index contributed by atoms with van der Waals surface area (Å²) in [5.41, 5.74) is 0.877. The van der Waals surface area contributed by atoms with Crippen LogP contribution in [0.5, 0.6) is 0 Å². The number of benzene rings is 1. The number of halogens is 2. The molecule has 0 amide bonds. The van der Waals surface area contributed by atoms with E-state index in [0.717, 1.165) is 5.56 Å². The highest BCUT2D eigenvalue weighted by molar-refractivity contribution is 7.89. The first-order valence-corrected chi connectivity index (χ1v) is 8.35. The molecule has 0 saturated heterocycles. The Balaban J connectivity index is 2.10. The van der Waals surface area contributed by atoms with Gasteiger partial charge in [0.2, 0.25) is 15.3 Å². The van der Waals surface area contributed by atoms with Crippen molar-refractivity contribution in [1.29, 1.82) is 0 Å². The lowest BCUT2D eigenvalue weighted by Gasteiger charge is -2.14. The molecular weight excluding hydrogens is 333 g/mol. The van der Waals surface area contributed by atoms with Gasteiger partial charge in [-0.05, 0) is 36.6 Å². The summed E-state index contributed by atoms with van der Waals surface area (Å²) in [7, 11) is -3.69. The van der Waals surface area contributed by atoms with Crippen molar-refractivity contribution in [3.8, 4) is 0 Å². The Morgan fingerprint density at radius 3 is 2.43 bits per heavy atom. The van der Waals surface area contributed by atoms with E-state index in [4.69, 9.17) is 23.2 Å². The molecule has 1 unspecified atom stereocenters. The van der Waals surface area contributed by atoms with Crippen LogP contribution in [0.1, 0.15) is 12.5 Å². The fourth-order valence-electron chi connectivity index (χ4n) is 1.81. The zero-order valence-electron chi connectivity index (χ0n) is 11.1. The van der Waals surface area contributed by atoms with Gasteiger partial charge in [0.05, 0.1) is 12.4 Å². The third kappa shape index (κ3) is 4.38. The average Bonchev–Trinajstić information content (AvgIpc) is 2.41. The van der Waals surface area contributed by atoms with Crippen molar-refractivity contribution in [1.82, 2.24) is 14.7 Å². The first kappa shape index (κ1) is 16.2. The Kier molecular flexibility index (Phi) is 5.16. The highest BCUT2D eigenvalue weighted by Crippen LogP contribution is 2.17. The van der Waals surface area contributed by atoms with E-state index in [9.17, 15) is 8.42 Å². The lowest BCUT2D eigenvalue weighted by atomic mass is 10.1. The van der Waals surface area contributed by atoms with Gasteiger partial charge in [0.25, 0.3) is 0 Å². The van der Waals surface area contributed by atoms with Gasteiger partial charge in [-0.25, -0.2) is 23.1 Å². The highest BCUT2D eigenvalue weighted by Gasteiger charge is 2.19. The minimum atomic E-state index is -3.69. The molecule has 1 aromatic heterocycles. The number of sulfonamides is 1.